The lowest BCUT2D eigenvalue weighted by Crippen LogP contribution is -3.00. The van der Waals surface area contributed by atoms with E-state index < -0.39 is 0 Å². The van der Waals surface area contributed by atoms with Crippen molar-refractivity contribution in [2.24, 2.45) is 0 Å². The van der Waals surface area contributed by atoms with E-state index in [1.165, 1.54) is 200 Å². The summed E-state index contributed by atoms with van der Waals surface area (Å²) in [5.41, 5.74) is 0. The van der Waals surface area contributed by atoms with Gasteiger partial charge in [-0.2, -0.15) is 0 Å². The molecule has 0 aromatic rings. The minimum Gasteiger partial charge on any atom is -1.00 e. The van der Waals surface area contributed by atoms with Crippen molar-refractivity contribution in [2.45, 2.75) is 180 Å². The van der Waals surface area contributed by atoms with Crippen molar-refractivity contribution in [2.75, 3.05) is 26.2 Å². The van der Waals surface area contributed by atoms with E-state index in [0.717, 1.165) is 0 Å². The number of unbranched alkanes of at least 4 members (excludes halogenated alkanes) is 21. The SMILES string of the molecule is CCCCCCCCCCCCCCCCCCCCCCCCN1CCC[N+]2=C1CCCCC2.[Cl-]. The summed E-state index contributed by atoms with van der Waals surface area (Å²) in [5.74, 6) is 1.71. The zero-order chi connectivity index (χ0) is 24.7. The Morgan fingerprint density at radius 1 is 0.500 bits per heavy atom. The molecule has 0 amide bonds. The molecular formula is C33H65ClN2. The minimum atomic E-state index is 0. The Hall–Kier alpha value is -0.240. The van der Waals surface area contributed by atoms with E-state index in [1.807, 2.05) is 0 Å². The summed E-state index contributed by atoms with van der Waals surface area (Å²) in [5, 5.41) is 0. The summed E-state index contributed by atoms with van der Waals surface area (Å²) in [6.07, 6.45) is 39.4. The molecule has 0 unspecified atom stereocenters. The van der Waals surface area contributed by atoms with Gasteiger partial charge in [0.1, 0.15) is 0 Å². The molecule has 0 radical (unpaired) electrons. The molecule has 2 aliphatic heterocycles. The van der Waals surface area contributed by atoms with Crippen LogP contribution in [0.5, 0.6) is 0 Å². The lowest BCUT2D eigenvalue weighted by Gasteiger charge is -2.26. The van der Waals surface area contributed by atoms with Crippen molar-refractivity contribution < 1.29 is 17.0 Å². The molecule has 0 fully saturated rings. The molecular weight excluding hydrogens is 460 g/mol. The van der Waals surface area contributed by atoms with Crippen LogP contribution in [0.1, 0.15) is 180 Å². The second kappa shape index (κ2) is 25.1. The lowest BCUT2D eigenvalue weighted by atomic mass is 10.0. The highest BCUT2D eigenvalue weighted by atomic mass is 35.5. The van der Waals surface area contributed by atoms with Crippen LogP contribution in [-0.2, 0) is 0 Å². The first-order valence-electron chi connectivity index (χ1n) is 16.8. The molecule has 0 saturated carbocycles. The van der Waals surface area contributed by atoms with Crippen LogP contribution in [0.4, 0.5) is 0 Å². The molecule has 0 aliphatic carbocycles. The van der Waals surface area contributed by atoms with Gasteiger partial charge in [-0.15, -0.1) is 0 Å². The number of nitrogens with zero attached hydrogens (tertiary/aromatic N) is 2. The summed E-state index contributed by atoms with van der Waals surface area (Å²) in [6, 6.07) is 0. The Balaban J connectivity index is 0.00000648. The number of hydrogen-bond donors (Lipinski definition) is 0. The van der Waals surface area contributed by atoms with Gasteiger partial charge in [0, 0.05) is 12.8 Å². The normalized spacial score (nSPS) is 16.1. The first-order chi connectivity index (χ1) is 17.4. The molecule has 0 spiro atoms. The Kier molecular flexibility index (Phi) is 23.5. The summed E-state index contributed by atoms with van der Waals surface area (Å²) in [7, 11) is 0. The summed E-state index contributed by atoms with van der Waals surface area (Å²) in [4.78, 5) is 2.76. The van der Waals surface area contributed by atoms with Gasteiger partial charge in [-0.05, 0) is 32.1 Å². The van der Waals surface area contributed by atoms with Crippen molar-refractivity contribution in [1.82, 2.24) is 4.90 Å². The fourth-order valence-electron chi connectivity index (χ4n) is 6.38. The molecule has 0 aromatic carbocycles. The van der Waals surface area contributed by atoms with Crippen molar-refractivity contribution in [1.29, 1.82) is 0 Å². The van der Waals surface area contributed by atoms with E-state index in [9.17, 15) is 0 Å². The van der Waals surface area contributed by atoms with Gasteiger partial charge in [0.15, 0.2) is 0 Å². The van der Waals surface area contributed by atoms with E-state index in [4.69, 9.17) is 0 Å². The topological polar surface area (TPSA) is 6.25 Å². The quantitative estimate of drug-likeness (QED) is 0.100. The van der Waals surface area contributed by atoms with E-state index >= 15 is 0 Å². The highest BCUT2D eigenvalue weighted by Crippen LogP contribution is 2.17. The van der Waals surface area contributed by atoms with E-state index in [1.54, 1.807) is 5.84 Å². The maximum Gasteiger partial charge on any atom is 0.246 e. The third kappa shape index (κ3) is 17.3. The van der Waals surface area contributed by atoms with Crippen LogP contribution in [0.2, 0.25) is 0 Å². The monoisotopic (exact) mass is 524 g/mol. The van der Waals surface area contributed by atoms with Crippen molar-refractivity contribution in [3.8, 4) is 0 Å². The van der Waals surface area contributed by atoms with Gasteiger partial charge < -0.3 is 12.4 Å². The molecule has 2 rings (SSSR count). The maximum absolute atomic E-state index is 2.76. The smallest absolute Gasteiger partial charge is 0.246 e. The zero-order valence-electron chi connectivity index (χ0n) is 24.7. The van der Waals surface area contributed by atoms with Crippen molar-refractivity contribution >= 4 is 5.84 Å². The third-order valence-corrected chi connectivity index (χ3v) is 8.70. The van der Waals surface area contributed by atoms with Crippen LogP contribution in [0.15, 0.2) is 0 Å². The third-order valence-electron chi connectivity index (χ3n) is 8.70. The van der Waals surface area contributed by atoms with Crippen LogP contribution >= 0.6 is 0 Å². The average Bonchev–Trinajstić information content (AvgIpc) is 3.13. The largest absolute Gasteiger partial charge is 1.00 e. The van der Waals surface area contributed by atoms with Gasteiger partial charge in [0.2, 0.25) is 5.84 Å². The fourth-order valence-corrected chi connectivity index (χ4v) is 6.38. The molecule has 36 heavy (non-hydrogen) atoms. The van der Waals surface area contributed by atoms with E-state index in [0.29, 0.717) is 0 Å². The molecule has 2 heterocycles. The van der Waals surface area contributed by atoms with Gasteiger partial charge >= 0.3 is 0 Å². The fraction of sp³-hybridized carbons (Fsp3) is 0.970. The number of hydrogen-bond acceptors (Lipinski definition) is 1. The van der Waals surface area contributed by atoms with Crippen molar-refractivity contribution in [3.63, 3.8) is 0 Å². The number of rotatable bonds is 23. The Morgan fingerprint density at radius 3 is 1.39 bits per heavy atom. The second-order valence-electron chi connectivity index (χ2n) is 12.0. The van der Waals surface area contributed by atoms with E-state index in [-0.39, 0.29) is 12.4 Å². The molecule has 0 bridgehead atoms. The highest BCUT2D eigenvalue weighted by molar-refractivity contribution is 5.77. The molecule has 0 atom stereocenters. The van der Waals surface area contributed by atoms with E-state index in [2.05, 4.69) is 16.4 Å². The minimum absolute atomic E-state index is 0. The highest BCUT2D eigenvalue weighted by Gasteiger charge is 2.27. The lowest BCUT2D eigenvalue weighted by molar-refractivity contribution is -0.539. The number of halogens is 1. The standard InChI is InChI=1S/C33H65N2.ClH/c1-2-3-4-5-6-7-8-9-10-11-12-13-14-15-16-17-18-19-20-21-22-25-29-34-31-27-32-35-30-26-23-24-28-33(34)35;/h2-32H2,1H3;1H/q+1;/p-1. The van der Waals surface area contributed by atoms with Crippen LogP contribution in [0.25, 0.3) is 0 Å². The van der Waals surface area contributed by atoms with Gasteiger partial charge in [0.05, 0.1) is 26.2 Å². The summed E-state index contributed by atoms with van der Waals surface area (Å²) in [6.45, 7) is 7.61. The second-order valence-corrected chi connectivity index (χ2v) is 12.0. The zero-order valence-corrected chi connectivity index (χ0v) is 25.4. The predicted octanol–water partition coefficient (Wildman–Crippen LogP) is 7.28. The maximum atomic E-state index is 2.76. The molecule has 2 nitrogen and oxygen atoms in total. The molecule has 0 N–H and O–H groups in total. The van der Waals surface area contributed by atoms with Gasteiger partial charge in [-0.3, -0.25) is 9.48 Å². The van der Waals surface area contributed by atoms with Crippen LogP contribution in [0, 0.1) is 0 Å². The van der Waals surface area contributed by atoms with Crippen LogP contribution in [0.3, 0.4) is 0 Å². The van der Waals surface area contributed by atoms with Crippen LogP contribution < -0.4 is 12.4 Å². The van der Waals surface area contributed by atoms with Crippen molar-refractivity contribution in [3.05, 3.63) is 0 Å². The summed E-state index contributed by atoms with van der Waals surface area (Å²) >= 11 is 0. The van der Waals surface area contributed by atoms with Gasteiger partial charge in [-0.1, -0.05) is 135 Å². The molecule has 214 valence electrons. The molecule has 3 heteroatoms. The molecule has 2 aliphatic rings. The predicted molar refractivity (Wildman–Crippen MR) is 157 cm³/mol. The summed E-state index contributed by atoms with van der Waals surface area (Å²) < 4.78 is 2.72. The first-order valence-corrected chi connectivity index (χ1v) is 16.8. The Labute approximate surface area is 233 Å². The average molecular weight is 525 g/mol. The van der Waals surface area contributed by atoms with Gasteiger partial charge in [-0.25, -0.2) is 0 Å². The molecule has 0 saturated heterocycles. The Morgan fingerprint density at radius 2 is 0.917 bits per heavy atom. The molecule has 0 aromatic heterocycles. The number of amidine groups is 1. The van der Waals surface area contributed by atoms with Gasteiger partial charge in [0.25, 0.3) is 0 Å². The van der Waals surface area contributed by atoms with Crippen LogP contribution in [-0.4, -0.2) is 41.5 Å². The first kappa shape index (κ1) is 33.8. The Bertz CT molecular complexity index is 504.